The van der Waals surface area contributed by atoms with Gasteiger partial charge in [-0.1, -0.05) is 48.5 Å². The lowest BCUT2D eigenvalue weighted by molar-refractivity contribution is 0.180. The van der Waals surface area contributed by atoms with Gasteiger partial charge in [0.15, 0.2) is 5.82 Å². The number of amidine groups is 2. The lowest BCUT2D eigenvalue weighted by atomic mass is 10.0. The van der Waals surface area contributed by atoms with E-state index >= 15 is 0 Å². The van der Waals surface area contributed by atoms with E-state index in [1.807, 2.05) is 77.4 Å². The molecule has 2 aliphatic rings. The maximum absolute atomic E-state index is 12.6. The Morgan fingerprint density at radius 2 is 1.68 bits per heavy atom. The first kappa shape index (κ1) is 25.0. The van der Waals surface area contributed by atoms with E-state index in [-0.39, 0.29) is 23.4 Å². The monoisotopic (exact) mass is 542 g/mol. The molecular weight excluding hydrogens is 512 g/mol. The molecular formula is C32H30N8O. The number of likely N-dealkylation sites (tertiary alicyclic amines) is 1. The van der Waals surface area contributed by atoms with E-state index in [9.17, 15) is 4.79 Å². The number of hydrogen-bond donors (Lipinski definition) is 4. The van der Waals surface area contributed by atoms with E-state index in [2.05, 4.69) is 32.3 Å². The summed E-state index contributed by atoms with van der Waals surface area (Å²) in [5.74, 6) is 1.06. The standard InChI is InChI=1S/C32H30N8O/c33-29(40-28-10-5-17-35-31(28)36-25-7-2-1-6-24(25)30(40)34)22-13-11-21(12-14-22)20-38-18-15-23(16-19-38)39-27-9-4-3-8-26(27)37-32(39)41/h1-14,17,23,33-34H,15-16,18-20H2,(H,35,36)(H,37,41). The van der Waals surface area contributed by atoms with Gasteiger partial charge in [-0.05, 0) is 54.8 Å². The number of hydrogen-bond acceptors (Lipinski definition) is 6. The molecule has 3 aromatic carbocycles. The van der Waals surface area contributed by atoms with Crippen LogP contribution in [0.25, 0.3) is 11.0 Å². The number of nitrogens with one attached hydrogen (secondary N) is 4. The summed E-state index contributed by atoms with van der Waals surface area (Å²) in [5, 5.41) is 21.4. The number of pyridine rings is 1. The summed E-state index contributed by atoms with van der Waals surface area (Å²) in [7, 11) is 0. The number of aromatic nitrogens is 3. The number of piperidine rings is 1. The van der Waals surface area contributed by atoms with Crippen molar-refractivity contribution in [3.8, 4) is 0 Å². The van der Waals surface area contributed by atoms with Crippen LogP contribution in [-0.2, 0) is 6.54 Å². The van der Waals surface area contributed by atoms with Crippen molar-refractivity contribution in [1.82, 2.24) is 19.4 Å². The SMILES string of the molecule is N=C(c1ccc(CN2CCC(n3c(=O)[nH]c4ccccc43)CC2)cc1)N1C(=N)c2ccccc2Nc2ncccc21. The van der Waals surface area contributed by atoms with Crippen molar-refractivity contribution in [2.75, 3.05) is 23.3 Å². The van der Waals surface area contributed by atoms with Crippen LogP contribution in [0.1, 0.15) is 35.6 Å². The Morgan fingerprint density at radius 1 is 0.927 bits per heavy atom. The Balaban J connectivity index is 1.06. The quantitative estimate of drug-likeness (QED) is 0.177. The van der Waals surface area contributed by atoms with E-state index in [0.29, 0.717) is 17.1 Å². The predicted octanol–water partition coefficient (Wildman–Crippen LogP) is 5.48. The maximum Gasteiger partial charge on any atom is 0.326 e. The molecule has 0 atom stereocenters. The number of imidazole rings is 1. The van der Waals surface area contributed by atoms with Gasteiger partial charge in [0.25, 0.3) is 0 Å². The minimum atomic E-state index is -0.0298. The molecule has 204 valence electrons. The van der Waals surface area contributed by atoms with Crippen LogP contribution in [-0.4, -0.2) is 44.2 Å². The summed E-state index contributed by atoms with van der Waals surface area (Å²) in [4.78, 5) is 24.2. The number of benzene rings is 3. The van der Waals surface area contributed by atoms with Crippen molar-refractivity contribution in [2.45, 2.75) is 25.4 Å². The molecule has 2 aliphatic heterocycles. The fraction of sp³-hybridized carbons (Fsp3) is 0.188. The molecule has 1 fully saturated rings. The summed E-state index contributed by atoms with van der Waals surface area (Å²) in [6.45, 7) is 2.64. The smallest absolute Gasteiger partial charge is 0.326 e. The third-order valence-corrected chi connectivity index (χ3v) is 8.09. The van der Waals surface area contributed by atoms with Crippen molar-refractivity contribution >= 4 is 39.9 Å². The molecule has 0 spiro atoms. The van der Waals surface area contributed by atoms with Gasteiger partial charge in [0.2, 0.25) is 0 Å². The molecule has 0 saturated carbocycles. The fourth-order valence-electron chi connectivity index (χ4n) is 6.00. The van der Waals surface area contributed by atoms with Crippen LogP contribution in [0.4, 0.5) is 17.2 Å². The van der Waals surface area contributed by atoms with Gasteiger partial charge in [0.05, 0.1) is 22.4 Å². The van der Waals surface area contributed by atoms with Gasteiger partial charge >= 0.3 is 5.69 Å². The highest BCUT2D eigenvalue weighted by Crippen LogP contribution is 2.35. The lowest BCUT2D eigenvalue weighted by Gasteiger charge is -2.32. The van der Waals surface area contributed by atoms with Crippen molar-refractivity contribution in [1.29, 1.82) is 10.8 Å². The third kappa shape index (κ3) is 4.50. The zero-order chi connectivity index (χ0) is 27.9. The minimum absolute atomic E-state index is 0.0298. The largest absolute Gasteiger partial charge is 0.338 e. The van der Waals surface area contributed by atoms with Crippen molar-refractivity contribution < 1.29 is 0 Å². The molecule has 9 nitrogen and oxygen atoms in total. The molecule has 41 heavy (non-hydrogen) atoms. The van der Waals surface area contributed by atoms with E-state index in [0.717, 1.165) is 54.8 Å². The number of rotatable bonds is 4. The van der Waals surface area contributed by atoms with Gasteiger partial charge in [-0.15, -0.1) is 0 Å². The summed E-state index contributed by atoms with van der Waals surface area (Å²) in [5.41, 5.74) is 5.91. The Kier molecular flexibility index (Phi) is 6.20. The number of aromatic amines is 1. The lowest BCUT2D eigenvalue weighted by Crippen LogP contribution is -2.37. The summed E-state index contributed by atoms with van der Waals surface area (Å²) in [6, 6.07) is 27.5. The molecule has 0 amide bonds. The first-order chi connectivity index (χ1) is 20.1. The predicted molar refractivity (Wildman–Crippen MR) is 163 cm³/mol. The Labute approximate surface area is 237 Å². The first-order valence-corrected chi connectivity index (χ1v) is 13.9. The highest BCUT2D eigenvalue weighted by Gasteiger charge is 2.28. The van der Waals surface area contributed by atoms with E-state index in [1.165, 1.54) is 5.56 Å². The zero-order valence-corrected chi connectivity index (χ0v) is 22.5. The molecule has 9 heteroatoms. The number of fused-ring (bicyclic) bond motifs is 3. The summed E-state index contributed by atoms with van der Waals surface area (Å²) < 4.78 is 1.93. The van der Waals surface area contributed by atoms with Gasteiger partial charge in [0, 0.05) is 43.0 Å². The van der Waals surface area contributed by atoms with Crippen LogP contribution in [0, 0.1) is 10.8 Å². The summed E-state index contributed by atoms with van der Waals surface area (Å²) in [6.07, 6.45) is 3.55. The van der Waals surface area contributed by atoms with Crippen LogP contribution in [0.15, 0.2) is 95.9 Å². The molecule has 0 radical (unpaired) electrons. The highest BCUT2D eigenvalue weighted by molar-refractivity contribution is 6.30. The minimum Gasteiger partial charge on any atom is -0.338 e. The molecule has 0 bridgehead atoms. The second-order valence-corrected chi connectivity index (χ2v) is 10.6. The molecule has 1 saturated heterocycles. The number of para-hydroxylation sites is 3. The van der Waals surface area contributed by atoms with E-state index in [1.54, 1.807) is 11.1 Å². The molecule has 4 heterocycles. The Hall–Kier alpha value is -5.02. The van der Waals surface area contributed by atoms with Crippen LogP contribution in [0.5, 0.6) is 0 Å². The van der Waals surface area contributed by atoms with Crippen molar-refractivity contribution in [3.05, 3.63) is 118 Å². The normalized spacial score (nSPS) is 15.7. The van der Waals surface area contributed by atoms with Gasteiger partial charge in [-0.25, -0.2) is 9.78 Å². The number of anilines is 3. The van der Waals surface area contributed by atoms with Crippen LogP contribution in [0.3, 0.4) is 0 Å². The molecule has 2 aromatic heterocycles. The third-order valence-electron chi connectivity index (χ3n) is 8.09. The molecule has 0 unspecified atom stereocenters. The Morgan fingerprint density at radius 3 is 2.51 bits per heavy atom. The Bertz CT molecular complexity index is 1830. The first-order valence-electron chi connectivity index (χ1n) is 13.9. The van der Waals surface area contributed by atoms with Gasteiger partial charge < -0.3 is 10.3 Å². The second kappa shape index (κ2) is 10.2. The van der Waals surface area contributed by atoms with Gasteiger partial charge in [-0.2, -0.15) is 0 Å². The molecule has 5 aromatic rings. The van der Waals surface area contributed by atoms with E-state index in [4.69, 9.17) is 10.8 Å². The highest BCUT2D eigenvalue weighted by atomic mass is 16.1. The fourth-order valence-corrected chi connectivity index (χ4v) is 6.00. The summed E-state index contributed by atoms with van der Waals surface area (Å²) >= 11 is 0. The van der Waals surface area contributed by atoms with Crippen LogP contribution < -0.4 is 15.9 Å². The average Bonchev–Trinajstić information content (AvgIpc) is 3.28. The second-order valence-electron chi connectivity index (χ2n) is 10.6. The van der Waals surface area contributed by atoms with Crippen molar-refractivity contribution in [2.24, 2.45) is 0 Å². The zero-order valence-electron chi connectivity index (χ0n) is 22.5. The van der Waals surface area contributed by atoms with Gasteiger partial charge in [0.1, 0.15) is 11.7 Å². The number of H-pyrrole nitrogens is 1. The van der Waals surface area contributed by atoms with Gasteiger partial charge in [-0.3, -0.25) is 25.2 Å². The van der Waals surface area contributed by atoms with Crippen LogP contribution in [0.2, 0.25) is 0 Å². The molecule has 0 aliphatic carbocycles. The topological polar surface area (TPSA) is 117 Å². The van der Waals surface area contributed by atoms with Crippen LogP contribution >= 0.6 is 0 Å². The van der Waals surface area contributed by atoms with E-state index < -0.39 is 0 Å². The maximum atomic E-state index is 12.6. The van der Waals surface area contributed by atoms with Crippen molar-refractivity contribution in [3.63, 3.8) is 0 Å². The average molecular weight is 543 g/mol. The molecule has 4 N–H and O–H groups in total. The molecule has 7 rings (SSSR count). The number of nitrogens with zero attached hydrogens (tertiary/aromatic N) is 4.